The first kappa shape index (κ1) is 11.9. The van der Waals surface area contributed by atoms with Crippen LogP contribution < -0.4 is 4.72 Å². The summed E-state index contributed by atoms with van der Waals surface area (Å²) in [6.07, 6.45) is 0. The molecule has 92 valence electrons. The van der Waals surface area contributed by atoms with Crippen LogP contribution in [0.25, 0.3) is 11.1 Å². The molecular formula is C11H14N2O3S. The summed E-state index contributed by atoms with van der Waals surface area (Å²) in [6.45, 7) is 5.00. The van der Waals surface area contributed by atoms with Crippen LogP contribution in [0.4, 0.5) is 5.69 Å². The Balaban J connectivity index is 2.37. The van der Waals surface area contributed by atoms with Gasteiger partial charge in [0.1, 0.15) is 5.52 Å². The average molecular weight is 254 g/mol. The number of oxazole rings is 1. The lowest BCUT2D eigenvalue weighted by atomic mass is 10.3. The maximum Gasteiger partial charge on any atom is 0.235 e. The van der Waals surface area contributed by atoms with Gasteiger partial charge in [-0.05, 0) is 32.0 Å². The van der Waals surface area contributed by atoms with Crippen LogP contribution in [-0.2, 0) is 10.0 Å². The summed E-state index contributed by atoms with van der Waals surface area (Å²) in [6, 6.07) is 5.02. The van der Waals surface area contributed by atoms with Crippen molar-refractivity contribution in [2.75, 3.05) is 4.72 Å². The third-order valence-corrected chi connectivity index (χ3v) is 4.14. The maximum absolute atomic E-state index is 11.7. The zero-order valence-corrected chi connectivity index (χ0v) is 10.7. The fraction of sp³-hybridized carbons (Fsp3) is 0.364. The minimum absolute atomic E-state index is 0.475. The molecule has 1 heterocycles. The molecule has 5 nitrogen and oxygen atoms in total. The first-order valence-electron chi connectivity index (χ1n) is 5.27. The molecular weight excluding hydrogens is 240 g/mol. The molecule has 17 heavy (non-hydrogen) atoms. The van der Waals surface area contributed by atoms with Gasteiger partial charge in [-0.15, -0.1) is 0 Å². The van der Waals surface area contributed by atoms with Crippen LogP contribution in [0.5, 0.6) is 0 Å². The van der Waals surface area contributed by atoms with E-state index >= 15 is 0 Å². The Morgan fingerprint density at radius 1 is 1.35 bits per heavy atom. The molecule has 0 amide bonds. The average Bonchev–Trinajstić information content (AvgIpc) is 2.56. The van der Waals surface area contributed by atoms with Gasteiger partial charge < -0.3 is 4.42 Å². The number of anilines is 1. The topological polar surface area (TPSA) is 72.2 Å². The van der Waals surface area contributed by atoms with Gasteiger partial charge >= 0.3 is 0 Å². The number of hydrogen-bond acceptors (Lipinski definition) is 4. The van der Waals surface area contributed by atoms with Crippen LogP contribution in [0.15, 0.2) is 22.6 Å². The summed E-state index contributed by atoms with van der Waals surface area (Å²) in [5.74, 6) is 0.559. The molecule has 0 radical (unpaired) electrons. The van der Waals surface area contributed by atoms with Crippen molar-refractivity contribution in [3.63, 3.8) is 0 Å². The van der Waals surface area contributed by atoms with E-state index in [-0.39, 0.29) is 0 Å². The second kappa shape index (κ2) is 4.03. The molecule has 0 fully saturated rings. The van der Waals surface area contributed by atoms with Crippen LogP contribution in [0.2, 0.25) is 0 Å². The molecule has 0 aliphatic rings. The molecule has 2 rings (SSSR count). The molecule has 0 spiro atoms. The van der Waals surface area contributed by atoms with Crippen LogP contribution in [-0.4, -0.2) is 18.7 Å². The highest BCUT2D eigenvalue weighted by Crippen LogP contribution is 2.21. The van der Waals surface area contributed by atoms with Crippen molar-refractivity contribution in [2.24, 2.45) is 0 Å². The smallest absolute Gasteiger partial charge is 0.235 e. The number of hydrogen-bond donors (Lipinski definition) is 1. The fourth-order valence-electron chi connectivity index (χ4n) is 1.39. The predicted molar refractivity (Wildman–Crippen MR) is 66.4 cm³/mol. The van der Waals surface area contributed by atoms with Gasteiger partial charge in [-0.25, -0.2) is 13.4 Å². The van der Waals surface area contributed by atoms with E-state index < -0.39 is 15.3 Å². The number of sulfonamides is 1. The molecule has 0 aliphatic heterocycles. The Hall–Kier alpha value is -1.56. The molecule has 0 saturated carbocycles. The second-order valence-corrected chi connectivity index (χ2v) is 6.35. The van der Waals surface area contributed by atoms with E-state index in [1.54, 1.807) is 39.0 Å². The van der Waals surface area contributed by atoms with Crippen molar-refractivity contribution < 1.29 is 12.8 Å². The van der Waals surface area contributed by atoms with E-state index in [1.165, 1.54) is 0 Å². The standard InChI is InChI=1S/C11H14N2O3S/c1-7(2)17(14,15)13-9-4-5-11-10(6-9)12-8(3)16-11/h4-7,13H,1-3H3. The van der Waals surface area contributed by atoms with E-state index in [2.05, 4.69) is 9.71 Å². The summed E-state index contributed by atoms with van der Waals surface area (Å²) in [4.78, 5) is 4.15. The summed E-state index contributed by atoms with van der Waals surface area (Å²) in [7, 11) is -3.32. The number of nitrogens with one attached hydrogen (secondary N) is 1. The van der Waals surface area contributed by atoms with Gasteiger partial charge in [-0.3, -0.25) is 4.72 Å². The molecule has 0 unspecified atom stereocenters. The minimum Gasteiger partial charge on any atom is -0.441 e. The Morgan fingerprint density at radius 3 is 2.71 bits per heavy atom. The van der Waals surface area contributed by atoms with Crippen LogP contribution in [0.1, 0.15) is 19.7 Å². The van der Waals surface area contributed by atoms with Crippen molar-refractivity contribution >= 4 is 26.8 Å². The Labute approximate surface area is 99.9 Å². The third-order valence-electron chi connectivity index (χ3n) is 2.38. The monoisotopic (exact) mass is 254 g/mol. The van der Waals surface area contributed by atoms with Crippen molar-refractivity contribution in [2.45, 2.75) is 26.0 Å². The molecule has 0 saturated heterocycles. The van der Waals surface area contributed by atoms with E-state index in [4.69, 9.17) is 4.42 Å². The normalized spacial score (nSPS) is 12.2. The van der Waals surface area contributed by atoms with E-state index in [1.807, 2.05) is 0 Å². The van der Waals surface area contributed by atoms with Crippen molar-refractivity contribution in [1.82, 2.24) is 4.98 Å². The molecule has 1 aromatic carbocycles. The Morgan fingerprint density at radius 2 is 2.06 bits per heavy atom. The summed E-state index contributed by atoms with van der Waals surface area (Å²) in [5.41, 5.74) is 1.79. The molecule has 1 N–H and O–H groups in total. The number of benzene rings is 1. The molecule has 0 atom stereocenters. The van der Waals surface area contributed by atoms with Gasteiger partial charge in [-0.2, -0.15) is 0 Å². The van der Waals surface area contributed by atoms with Gasteiger partial charge in [0.05, 0.1) is 10.9 Å². The zero-order valence-electron chi connectivity index (χ0n) is 9.89. The second-order valence-electron chi connectivity index (χ2n) is 4.11. The van der Waals surface area contributed by atoms with Gasteiger partial charge in [0, 0.05) is 6.92 Å². The Bertz CT molecular complexity index is 644. The highest BCUT2D eigenvalue weighted by molar-refractivity contribution is 7.93. The van der Waals surface area contributed by atoms with Crippen molar-refractivity contribution in [1.29, 1.82) is 0 Å². The van der Waals surface area contributed by atoms with Crippen LogP contribution in [0.3, 0.4) is 0 Å². The lowest BCUT2D eigenvalue weighted by Crippen LogP contribution is -2.22. The van der Waals surface area contributed by atoms with Crippen LogP contribution >= 0.6 is 0 Å². The van der Waals surface area contributed by atoms with Gasteiger partial charge in [0.25, 0.3) is 0 Å². The maximum atomic E-state index is 11.7. The fourth-order valence-corrected chi connectivity index (χ4v) is 2.08. The quantitative estimate of drug-likeness (QED) is 0.912. The zero-order chi connectivity index (χ0) is 12.6. The van der Waals surface area contributed by atoms with Crippen LogP contribution in [0, 0.1) is 6.92 Å². The van der Waals surface area contributed by atoms with E-state index in [0.29, 0.717) is 22.7 Å². The third kappa shape index (κ3) is 2.41. The highest BCUT2D eigenvalue weighted by atomic mass is 32.2. The minimum atomic E-state index is -3.32. The van der Waals surface area contributed by atoms with Gasteiger partial charge in [-0.1, -0.05) is 0 Å². The number of rotatable bonds is 3. The summed E-state index contributed by atoms with van der Waals surface area (Å²) >= 11 is 0. The largest absolute Gasteiger partial charge is 0.441 e. The first-order chi connectivity index (χ1) is 7.88. The number of fused-ring (bicyclic) bond motifs is 1. The molecule has 2 aromatic rings. The number of aryl methyl sites for hydroxylation is 1. The van der Waals surface area contributed by atoms with Gasteiger partial charge in [0.15, 0.2) is 11.5 Å². The molecule has 6 heteroatoms. The molecule has 0 aliphatic carbocycles. The molecule has 0 bridgehead atoms. The van der Waals surface area contributed by atoms with Gasteiger partial charge in [0.2, 0.25) is 10.0 Å². The Kier molecular flexibility index (Phi) is 2.82. The molecule has 1 aromatic heterocycles. The lowest BCUT2D eigenvalue weighted by Gasteiger charge is -2.10. The summed E-state index contributed by atoms with van der Waals surface area (Å²) < 4.78 is 31.2. The first-order valence-corrected chi connectivity index (χ1v) is 6.82. The number of nitrogens with zero attached hydrogens (tertiary/aromatic N) is 1. The SMILES string of the molecule is Cc1nc2cc(NS(=O)(=O)C(C)C)ccc2o1. The predicted octanol–water partition coefficient (Wildman–Crippen LogP) is 2.29. The number of aromatic nitrogens is 1. The van der Waals surface area contributed by atoms with Crippen molar-refractivity contribution in [3.05, 3.63) is 24.1 Å². The van der Waals surface area contributed by atoms with E-state index in [0.717, 1.165) is 0 Å². The summed E-state index contributed by atoms with van der Waals surface area (Å²) in [5, 5.41) is -0.475. The van der Waals surface area contributed by atoms with Crippen molar-refractivity contribution in [3.8, 4) is 0 Å². The highest BCUT2D eigenvalue weighted by Gasteiger charge is 2.16. The lowest BCUT2D eigenvalue weighted by molar-refractivity contribution is 0.561. The van der Waals surface area contributed by atoms with E-state index in [9.17, 15) is 8.42 Å².